The van der Waals surface area contributed by atoms with Crippen molar-refractivity contribution < 1.29 is 17.9 Å². The molecular weight excluding hydrogens is 304 g/mol. The number of rotatable bonds is 6. The fourth-order valence-corrected chi connectivity index (χ4v) is 3.13. The Kier molecular flexibility index (Phi) is 4.72. The molecule has 1 aliphatic heterocycles. The number of hydrogen-bond acceptors (Lipinski definition) is 4. The van der Waals surface area contributed by atoms with Gasteiger partial charge in [-0.05, 0) is 31.0 Å². The monoisotopic (exact) mass is 318 g/mol. The summed E-state index contributed by atoms with van der Waals surface area (Å²) in [4.78, 5) is 11.2. The number of benzene rings is 1. The van der Waals surface area contributed by atoms with E-state index in [0.29, 0.717) is 35.8 Å². The van der Waals surface area contributed by atoms with E-state index in [4.69, 9.17) is 16.3 Å². The summed E-state index contributed by atoms with van der Waals surface area (Å²) in [6.45, 7) is -0.0313. The van der Waals surface area contributed by atoms with Crippen molar-refractivity contribution in [2.75, 3.05) is 28.3 Å². The summed E-state index contributed by atoms with van der Waals surface area (Å²) >= 11 is 5.51. The second-order valence-corrected chi connectivity index (χ2v) is 6.58. The van der Waals surface area contributed by atoms with E-state index in [0.717, 1.165) is 0 Å². The van der Waals surface area contributed by atoms with Crippen LogP contribution in [0.4, 0.5) is 11.4 Å². The van der Waals surface area contributed by atoms with Gasteiger partial charge in [-0.2, -0.15) is 0 Å². The van der Waals surface area contributed by atoms with E-state index in [1.807, 2.05) is 0 Å². The van der Waals surface area contributed by atoms with Gasteiger partial charge in [0.15, 0.2) is 6.61 Å². The highest BCUT2D eigenvalue weighted by atomic mass is 35.5. The number of carbonyl (C=O) groups is 1. The van der Waals surface area contributed by atoms with E-state index in [9.17, 15) is 13.2 Å². The highest BCUT2D eigenvalue weighted by Gasteiger charge is 2.17. The number of sulfonamides is 1. The largest absolute Gasteiger partial charge is 0.482 e. The molecule has 0 aliphatic carbocycles. The first-order chi connectivity index (χ1) is 9.50. The molecule has 1 aromatic rings. The smallest absolute Gasteiger partial charge is 0.262 e. The first kappa shape index (κ1) is 14.9. The molecule has 0 bridgehead atoms. The van der Waals surface area contributed by atoms with E-state index < -0.39 is 10.0 Å². The van der Waals surface area contributed by atoms with Crippen LogP contribution in [0.15, 0.2) is 18.2 Å². The molecule has 20 heavy (non-hydrogen) atoms. The molecule has 0 radical (unpaired) electrons. The number of unbranched alkanes of at least 4 members (excludes halogenated alkanes) is 1. The molecule has 2 N–H and O–H groups in total. The Morgan fingerprint density at radius 1 is 1.35 bits per heavy atom. The minimum absolute atomic E-state index is 0.0136. The zero-order valence-corrected chi connectivity index (χ0v) is 12.3. The van der Waals surface area contributed by atoms with Gasteiger partial charge in [0.25, 0.3) is 5.91 Å². The number of hydrogen-bond donors (Lipinski definition) is 2. The van der Waals surface area contributed by atoms with Gasteiger partial charge in [0, 0.05) is 5.88 Å². The van der Waals surface area contributed by atoms with Gasteiger partial charge in [0.1, 0.15) is 5.75 Å². The van der Waals surface area contributed by atoms with Crippen molar-refractivity contribution in [1.29, 1.82) is 0 Å². The topological polar surface area (TPSA) is 84.5 Å². The summed E-state index contributed by atoms with van der Waals surface area (Å²) in [5, 5.41) is 2.62. The number of nitrogens with one attached hydrogen (secondary N) is 2. The van der Waals surface area contributed by atoms with Crippen molar-refractivity contribution >= 4 is 38.9 Å². The number of fused-ring (bicyclic) bond motifs is 1. The zero-order valence-electron chi connectivity index (χ0n) is 10.7. The lowest BCUT2D eigenvalue weighted by Gasteiger charge is -2.18. The minimum Gasteiger partial charge on any atom is -0.482 e. The predicted molar refractivity (Wildman–Crippen MR) is 77.9 cm³/mol. The first-order valence-corrected chi connectivity index (χ1v) is 8.32. The van der Waals surface area contributed by atoms with Crippen LogP contribution >= 0.6 is 11.6 Å². The van der Waals surface area contributed by atoms with Gasteiger partial charge in [0.2, 0.25) is 10.0 Å². The number of halogens is 1. The lowest BCUT2D eigenvalue weighted by Crippen LogP contribution is -2.25. The standard InChI is InChI=1S/C12H15ClN2O4S/c13-5-1-2-6-20(17,18)15-9-3-4-11-10(7-9)14-12(16)8-19-11/h3-4,7,15H,1-2,5-6,8H2,(H,14,16). The highest BCUT2D eigenvalue weighted by Crippen LogP contribution is 2.30. The molecule has 0 unspecified atom stereocenters. The molecule has 0 aromatic heterocycles. The zero-order chi connectivity index (χ0) is 14.6. The SMILES string of the molecule is O=C1COc2ccc(NS(=O)(=O)CCCCCl)cc2N1. The van der Waals surface area contributed by atoms with Crippen molar-refractivity contribution in [2.45, 2.75) is 12.8 Å². The Balaban J connectivity index is 2.06. The molecule has 1 amide bonds. The Bertz CT molecular complexity index is 603. The first-order valence-electron chi connectivity index (χ1n) is 6.13. The molecule has 1 aromatic carbocycles. The van der Waals surface area contributed by atoms with Crippen LogP contribution in [0.5, 0.6) is 5.75 Å². The van der Waals surface area contributed by atoms with Gasteiger partial charge >= 0.3 is 0 Å². The van der Waals surface area contributed by atoms with E-state index in [-0.39, 0.29) is 18.3 Å². The summed E-state index contributed by atoms with van der Waals surface area (Å²) in [5.41, 5.74) is 0.850. The third-order valence-electron chi connectivity index (χ3n) is 2.68. The van der Waals surface area contributed by atoms with Gasteiger partial charge in [0.05, 0.1) is 17.1 Å². The molecule has 2 rings (SSSR count). The van der Waals surface area contributed by atoms with Gasteiger partial charge in [-0.1, -0.05) is 0 Å². The molecule has 0 atom stereocenters. The Hall–Kier alpha value is -1.47. The lowest BCUT2D eigenvalue weighted by molar-refractivity contribution is -0.118. The summed E-state index contributed by atoms with van der Waals surface area (Å²) in [7, 11) is -3.41. The van der Waals surface area contributed by atoms with Crippen LogP contribution in [0, 0.1) is 0 Å². The second kappa shape index (κ2) is 6.32. The number of anilines is 2. The fourth-order valence-electron chi connectivity index (χ4n) is 1.76. The Morgan fingerprint density at radius 2 is 2.15 bits per heavy atom. The Labute approximate surface area is 122 Å². The molecule has 0 fully saturated rings. The lowest BCUT2D eigenvalue weighted by atomic mass is 10.2. The molecule has 6 nitrogen and oxygen atoms in total. The van der Waals surface area contributed by atoms with Gasteiger partial charge < -0.3 is 10.1 Å². The number of ether oxygens (including phenoxy) is 1. The maximum atomic E-state index is 11.8. The van der Waals surface area contributed by atoms with Crippen LogP contribution in [0.1, 0.15) is 12.8 Å². The molecule has 0 saturated heterocycles. The second-order valence-electron chi connectivity index (χ2n) is 4.36. The van der Waals surface area contributed by atoms with Crippen molar-refractivity contribution in [3.05, 3.63) is 18.2 Å². The normalized spacial score (nSPS) is 14.2. The third kappa shape index (κ3) is 4.01. The summed E-state index contributed by atoms with van der Waals surface area (Å²) in [6.07, 6.45) is 1.15. The minimum atomic E-state index is -3.41. The number of carbonyl (C=O) groups excluding carboxylic acids is 1. The van der Waals surface area contributed by atoms with E-state index in [2.05, 4.69) is 10.0 Å². The van der Waals surface area contributed by atoms with E-state index in [1.54, 1.807) is 12.1 Å². The summed E-state index contributed by atoms with van der Waals surface area (Å²) in [6, 6.07) is 4.74. The van der Waals surface area contributed by atoms with Gasteiger partial charge in [-0.25, -0.2) is 8.42 Å². The third-order valence-corrected chi connectivity index (χ3v) is 4.32. The molecule has 110 valence electrons. The molecular formula is C12H15ClN2O4S. The van der Waals surface area contributed by atoms with E-state index in [1.165, 1.54) is 6.07 Å². The Morgan fingerprint density at radius 3 is 2.90 bits per heavy atom. The maximum absolute atomic E-state index is 11.8. The van der Waals surface area contributed by atoms with Crippen molar-refractivity contribution in [1.82, 2.24) is 0 Å². The number of amides is 1. The van der Waals surface area contributed by atoms with Crippen LogP contribution in [-0.4, -0.2) is 32.6 Å². The van der Waals surface area contributed by atoms with E-state index >= 15 is 0 Å². The summed E-state index contributed by atoms with van der Waals surface area (Å²) in [5.74, 6) is 0.714. The van der Waals surface area contributed by atoms with Gasteiger partial charge in [-0.3, -0.25) is 9.52 Å². The van der Waals surface area contributed by atoms with Crippen LogP contribution in [0.2, 0.25) is 0 Å². The molecule has 0 saturated carbocycles. The number of alkyl halides is 1. The molecule has 1 heterocycles. The van der Waals surface area contributed by atoms with Crippen molar-refractivity contribution in [3.8, 4) is 5.75 Å². The fraction of sp³-hybridized carbons (Fsp3) is 0.417. The highest BCUT2D eigenvalue weighted by molar-refractivity contribution is 7.92. The maximum Gasteiger partial charge on any atom is 0.262 e. The van der Waals surface area contributed by atoms with Crippen LogP contribution < -0.4 is 14.8 Å². The average Bonchev–Trinajstić information content (AvgIpc) is 2.38. The molecule has 8 heteroatoms. The summed E-state index contributed by atoms with van der Waals surface area (Å²) < 4.78 is 31.3. The van der Waals surface area contributed by atoms with Crippen molar-refractivity contribution in [2.24, 2.45) is 0 Å². The van der Waals surface area contributed by atoms with Crippen LogP contribution in [0.3, 0.4) is 0 Å². The quantitative estimate of drug-likeness (QED) is 0.618. The van der Waals surface area contributed by atoms with Crippen LogP contribution in [-0.2, 0) is 14.8 Å². The molecule has 1 aliphatic rings. The van der Waals surface area contributed by atoms with Gasteiger partial charge in [-0.15, -0.1) is 11.6 Å². The van der Waals surface area contributed by atoms with Crippen molar-refractivity contribution in [3.63, 3.8) is 0 Å². The predicted octanol–water partition coefficient (Wildman–Crippen LogP) is 1.78. The average molecular weight is 319 g/mol. The van der Waals surface area contributed by atoms with Crippen LogP contribution in [0.25, 0.3) is 0 Å². The molecule has 0 spiro atoms.